The monoisotopic (exact) mass is 140 g/mol. The minimum atomic E-state index is 0.812. The lowest BCUT2D eigenvalue weighted by molar-refractivity contribution is 1.03. The van der Waals surface area contributed by atoms with Gasteiger partial charge in [-0.25, -0.2) is 4.75 Å². The van der Waals surface area contributed by atoms with E-state index in [1.54, 1.807) is 0 Å². The normalized spacial score (nSPS) is 19.2. The molecular formula is C6H9N2P. The second-order valence-corrected chi connectivity index (χ2v) is 3.22. The zero-order chi connectivity index (χ0) is 6.27. The van der Waals surface area contributed by atoms with Crippen molar-refractivity contribution in [1.82, 2.24) is 9.49 Å². The van der Waals surface area contributed by atoms with Crippen molar-refractivity contribution < 1.29 is 0 Å². The number of rotatable bonds is 1. The van der Waals surface area contributed by atoms with Crippen molar-refractivity contribution >= 4 is 8.51 Å². The Balaban J connectivity index is 2.35. The molecule has 3 heteroatoms. The van der Waals surface area contributed by atoms with Gasteiger partial charge in [-0.05, 0) is 19.8 Å². The van der Waals surface area contributed by atoms with Crippen molar-refractivity contribution in [2.24, 2.45) is 0 Å². The SMILES string of the molecule is Cc1[nH]pnc1C1CC1. The van der Waals surface area contributed by atoms with Crippen molar-refractivity contribution in [1.29, 1.82) is 0 Å². The van der Waals surface area contributed by atoms with Crippen molar-refractivity contribution in [2.45, 2.75) is 25.7 Å². The summed E-state index contributed by atoms with van der Waals surface area (Å²) in [7, 11) is 1.03. The fourth-order valence-corrected chi connectivity index (χ4v) is 1.77. The van der Waals surface area contributed by atoms with Crippen molar-refractivity contribution in [3.05, 3.63) is 11.4 Å². The van der Waals surface area contributed by atoms with Crippen LogP contribution in [0.25, 0.3) is 0 Å². The first-order valence-electron chi connectivity index (χ1n) is 3.25. The van der Waals surface area contributed by atoms with Gasteiger partial charge in [-0.1, -0.05) is 0 Å². The predicted octanol–water partition coefficient (Wildman–Crippen LogP) is 2.18. The first kappa shape index (κ1) is 5.43. The summed E-state index contributed by atoms with van der Waals surface area (Å²) in [6.07, 6.45) is 2.71. The van der Waals surface area contributed by atoms with E-state index in [0.717, 1.165) is 14.4 Å². The van der Waals surface area contributed by atoms with Crippen LogP contribution in [-0.4, -0.2) is 9.49 Å². The number of hydrogen-bond donors (Lipinski definition) is 1. The summed E-state index contributed by atoms with van der Waals surface area (Å²) >= 11 is 0. The van der Waals surface area contributed by atoms with Crippen LogP contribution in [0.15, 0.2) is 0 Å². The number of nitrogens with one attached hydrogen (secondary N) is 1. The molecule has 1 aromatic heterocycles. The molecule has 0 unspecified atom stereocenters. The van der Waals surface area contributed by atoms with Gasteiger partial charge in [0, 0.05) is 11.6 Å². The van der Waals surface area contributed by atoms with Crippen LogP contribution >= 0.6 is 8.51 Å². The molecule has 1 N–H and O–H groups in total. The molecule has 1 heterocycles. The first-order valence-corrected chi connectivity index (χ1v) is 4.10. The van der Waals surface area contributed by atoms with E-state index < -0.39 is 0 Å². The quantitative estimate of drug-likeness (QED) is 0.636. The van der Waals surface area contributed by atoms with Crippen LogP contribution < -0.4 is 0 Å². The number of aromatic nitrogens is 2. The molecule has 1 aliphatic rings. The summed E-state index contributed by atoms with van der Waals surface area (Å²) in [6.45, 7) is 2.11. The second kappa shape index (κ2) is 1.81. The molecule has 1 saturated carbocycles. The molecule has 0 aromatic carbocycles. The highest BCUT2D eigenvalue weighted by Gasteiger charge is 2.26. The van der Waals surface area contributed by atoms with E-state index in [9.17, 15) is 0 Å². The Kier molecular flexibility index (Phi) is 1.09. The zero-order valence-electron chi connectivity index (χ0n) is 5.39. The molecule has 0 bridgehead atoms. The van der Waals surface area contributed by atoms with E-state index in [2.05, 4.69) is 16.4 Å². The third-order valence-corrected chi connectivity index (χ3v) is 2.47. The topological polar surface area (TPSA) is 28.7 Å². The van der Waals surface area contributed by atoms with Crippen LogP contribution in [0.3, 0.4) is 0 Å². The molecule has 0 aliphatic heterocycles. The maximum atomic E-state index is 4.32. The smallest absolute Gasteiger partial charge is 0.129 e. The molecule has 0 amide bonds. The van der Waals surface area contributed by atoms with Gasteiger partial charge >= 0.3 is 0 Å². The van der Waals surface area contributed by atoms with Crippen LogP contribution in [0.4, 0.5) is 0 Å². The summed E-state index contributed by atoms with van der Waals surface area (Å²) in [4.78, 5) is 0. The largest absolute Gasteiger partial charge is 0.325 e. The highest BCUT2D eigenvalue weighted by Crippen LogP contribution is 2.40. The number of H-pyrrole nitrogens is 1. The van der Waals surface area contributed by atoms with Gasteiger partial charge in [-0.15, -0.1) is 0 Å². The van der Waals surface area contributed by atoms with Gasteiger partial charge in [0.1, 0.15) is 8.51 Å². The molecular weight excluding hydrogens is 131 g/mol. The molecule has 1 fully saturated rings. The molecule has 2 nitrogen and oxygen atoms in total. The molecule has 0 spiro atoms. The molecule has 48 valence electrons. The lowest BCUT2D eigenvalue weighted by Crippen LogP contribution is -1.81. The zero-order valence-corrected chi connectivity index (χ0v) is 6.28. The van der Waals surface area contributed by atoms with Gasteiger partial charge in [-0.3, -0.25) is 0 Å². The Bertz CT molecular complexity index is 215. The third-order valence-electron chi connectivity index (χ3n) is 1.72. The number of nitrogens with zero attached hydrogens (tertiary/aromatic N) is 1. The Morgan fingerprint density at radius 1 is 1.67 bits per heavy atom. The lowest BCUT2D eigenvalue weighted by atomic mass is 10.2. The third kappa shape index (κ3) is 0.878. The van der Waals surface area contributed by atoms with E-state index in [0.29, 0.717) is 0 Å². The molecule has 0 atom stereocenters. The summed E-state index contributed by atoms with van der Waals surface area (Å²) < 4.78 is 7.50. The average molecular weight is 140 g/mol. The van der Waals surface area contributed by atoms with Crippen LogP contribution in [0.5, 0.6) is 0 Å². The maximum Gasteiger partial charge on any atom is 0.129 e. The van der Waals surface area contributed by atoms with Crippen molar-refractivity contribution in [3.8, 4) is 0 Å². The van der Waals surface area contributed by atoms with E-state index >= 15 is 0 Å². The van der Waals surface area contributed by atoms with Crippen LogP contribution in [0, 0.1) is 6.92 Å². The van der Waals surface area contributed by atoms with E-state index in [-0.39, 0.29) is 0 Å². The van der Waals surface area contributed by atoms with Gasteiger partial charge in [0.15, 0.2) is 0 Å². The van der Waals surface area contributed by atoms with Gasteiger partial charge in [0.2, 0.25) is 0 Å². The highest BCUT2D eigenvalue weighted by molar-refractivity contribution is 7.20. The van der Waals surface area contributed by atoms with E-state index in [1.165, 1.54) is 24.2 Å². The Morgan fingerprint density at radius 3 is 2.89 bits per heavy atom. The second-order valence-electron chi connectivity index (χ2n) is 2.60. The fraction of sp³-hybridized carbons (Fsp3) is 0.667. The summed E-state index contributed by atoms with van der Waals surface area (Å²) in [5.74, 6) is 0.812. The molecule has 1 aromatic rings. The van der Waals surface area contributed by atoms with E-state index in [4.69, 9.17) is 0 Å². The van der Waals surface area contributed by atoms with E-state index in [1.807, 2.05) is 0 Å². The van der Waals surface area contributed by atoms with Crippen LogP contribution in [0.1, 0.15) is 30.1 Å². The Labute approximate surface area is 55.9 Å². The molecule has 0 saturated heterocycles. The molecule has 9 heavy (non-hydrogen) atoms. The first-order chi connectivity index (χ1) is 4.38. The maximum absolute atomic E-state index is 4.32. The van der Waals surface area contributed by atoms with Crippen LogP contribution in [-0.2, 0) is 0 Å². The Morgan fingerprint density at radius 2 is 2.44 bits per heavy atom. The molecule has 2 rings (SSSR count). The lowest BCUT2D eigenvalue weighted by Gasteiger charge is -1.88. The van der Waals surface area contributed by atoms with Gasteiger partial charge in [-0.2, -0.15) is 0 Å². The summed E-state index contributed by atoms with van der Waals surface area (Å²) in [5.41, 5.74) is 2.62. The number of aryl methyl sites for hydroxylation is 1. The van der Waals surface area contributed by atoms with Crippen LogP contribution in [0.2, 0.25) is 0 Å². The summed E-state index contributed by atoms with van der Waals surface area (Å²) in [5, 5.41) is 0. The van der Waals surface area contributed by atoms with Gasteiger partial charge in [0.05, 0.1) is 5.69 Å². The minimum absolute atomic E-state index is 0.812. The van der Waals surface area contributed by atoms with Crippen molar-refractivity contribution in [3.63, 3.8) is 0 Å². The molecule has 0 radical (unpaired) electrons. The number of aromatic amines is 1. The van der Waals surface area contributed by atoms with Crippen molar-refractivity contribution in [2.75, 3.05) is 0 Å². The van der Waals surface area contributed by atoms with Gasteiger partial charge < -0.3 is 4.75 Å². The Hall–Kier alpha value is -0.360. The fourth-order valence-electron chi connectivity index (χ4n) is 1.03. The molecule has 1 aliphatic carbocycles. The van der Waals surface area contributed by atoms with Gasteiger partial charge in [0.25, 0.3) is 0 Å². The summed E-state index contributed by atoms with van der Waals surface area (Å²) in [6, 6.07) is 0. The highest BCUT2D eigenvalue weighted by atomic mass is 31.1. The average Bonchev–Trinajstić information content (AvgIpc) is 2.58. The minimum Gasteiger partial charge on any atom is -0.325 e. The predicted molar refractivity (Wildman–Crippen MR) is 37.8 cm³/mol. The standard InChI is InChI=1S/C6H9N2P/c1-4-6(5-2-3-5)8-9-7-4/h5H,2-3H2,1H3,(H,7,8). The number of hydrogen-bond acceptors (Lipinski definition) is 1.